The van der Waals surface area contributed by atoms with Crippen LogP contribution in [0.2, 0.25) is 0 Å². The minimum Gasteiger partial charge on any atom is -1.00 e. The van der Waals surface area contributed by atoms with E-state index in [2.05, 4.69) is 182 Å². The summed E-state index contributed by atoms with van der Waals surface area (Å²) in [5.41, 5.74) is 17.9. The van der Waals surface area contributed by atoms with Crippen molar-refractivity contribution >= 4 is 6.48 Å². The van der Waals surface area contributed by atoms with Crippen LogP contribution in [0.5, 0.6) is 0 Å². The molecule has 0 N–H and O–H groups in total. The molecule has 2 aliphatic carbocycles. The third-order valence-electron chi connectivity index (χ3n) is 12.4. The summed E-state index contributed by atoms with van der Waals surface area (Å²) in [5.74, 6) is 0. The Balaban J connectivity index is 0.00000372. The van der Waals surface area contributed by atoms with E-state index in [4.69, 9.17) is 0 Å². The molecular weight excluding hydrogens is 823 g/mol. The summed E-state index contributed by atoms with van der Waals surface area (Å²) in [6.45, 7) is 33.3. The standard InChI is InChI=1S/C41H49.C9H18.C5H5.2ClH.Zr/c1-38(2,3)30-17-13-26(14-18-30)34-22-28-21-29-23-35(27-15-19-31(20-16-27)39(4,5)6)37(41(10,11)12)25-33(29)32(28)24-36(34)40(7,8)9;1-3-5-7-9-8-6-4-2;1-2-4-5-3-1;;;/h13-20,22,24-25H,21H2,1-12H3;3-8H2,1-2H3;1-3H,4H2;2*1H;/q;;;;;+2/p-2. The molecule has 0 bridgehead atoms. The van der Waals surface area contributed by atoms with Gasteiger partial charge in [0.1, 0.15) is 0 Å². The SMILES string of the molecule is CCCC[C](CCCC)=[Zr+2]([C]1=CC=CC1)[c]1c2c(cc(C(C)(C)C)c1-c1ccc(C(C)(C)C)cc1)-c1cc(C(C)(C)C)c(-c3ccc(C(C)(C)C)cc3)cc1C2.[Cl-].[Cl-]. The molecule has 4 aromatic rings. The zero-order chi connectivity index (χ0) is 40.8. The minimum atomic E-state index is -2.64. The maximum atomic E-state index is 2.67. The van der Waals surface area contributed by atoms with Crippen molar-refractivity contribution in [3.05, 3.63) is 122 Å². The van der Waals surface area contributed by atoms with Crippen LogP contribution in [-0.4, -0.2) is 3.21 Å². The smallest absolute Gasteiger partial charge is 1.00 e. The number of fused-ring (bicyclic) bond motifs is 3. The third-order valence-corrected chi connectivity index (χ3v) is 20.5. The van der Waals surface area contributed by atoms with Gasteiger partial charge in [0.2, 0.25) is 0 Å². The van der Waals surface area contributed by atoms with Gasteiger partial charge in [0, 0.05) is 0 Å². The summed E-state index contributed by atoms with van der Waals surface area (Å²) >= 11 is -2.64. The molecule has 3 heteroatoms. The molecule has 0 radical (unpaired) electrons. The van der Waals surface area contributed by atoms with Crippen molar-refractivity contribution in [2.45, 2.75) is 170 Å². The molecule has 0 atom stereocenters. The monoisotopic (exact) mass is 892 g/mol. The summed E-state index contributed by atoms with van der Waals surface area (Å²) in [6.07, 6.45) is 17.2. The average molecular weight is 895 g/mol. The van der Waals surface area contributed by atoms with Gasteiger partial charge < -0.3 is 24.8 Å². The molecule has 0 aromatic heterocycles. The molecule has 0 nitrogen and oxygen atoms in total. The molecule has 0 saturated heterocycles. The molecule has 0 amide bonds. The first-order chi connectivity index (χ1) is 26.2. The number of unbranched alkanes of at least 4 members (excludes halogenated alkanes) is 2. The van der Waals surface area contributed by atoms with Crippen LogP contribution in [0.4, 0.5) is 0 Å². The van der Waals surface area contributed by atoms with Gasteiger partial charge in [0.25, 0.3) is 0 Å². The second-order valence-electron chi connectivity index (χ2n) is 21.1. The third kappa shape index (κ3) is 10.2. The molecule has 2 aliphatic rings. The molecule has 310 valence electrons. The molecule has 6 rings (SSSR count). The molecule has 0 aliphatic heterocycles. The van der Waals surface area contributed by atoms with E-state index in [1.807, 2.05) is 3.21 Å². The van der Waals surface area contributed by atoms with E-state index in [-0.39, 0.29) is 46.5 Å². The maximum absolute atomic E-state index is 2.67. The Kier molecular flexibility index (Phi) is 15.6. The van der Waals surface area contributed by atoms with Gasteiger partial charge in [0.05, 0.1) is 0 Å². The van der Waals surface area contributed by atoms with Crippen LogP contribution in [0, 0.1) is 0 Å². The zero-order valence-electron chi connectivity index (χ0n) is 38.5. The predicted molar refractivity (Wildman–Crippen MR) is 246 cm³/mol. The van der Waals surface area contributed by atoms with Gasteiger partial charge in [-0.2, -0.15) is 0 Å². The van der Waals surface area contributed by atoms with Crippen molar-refractivity contribution in [1.82, 2.24) is 0 Å². The van der Waals surface area contributed by atoms with Crippen LogP contribution in [-0.2, 0) is 49.3 Å². The minimum absolute atomic E-state index is 0. The largest absolute Gasteiger partial charge is 1.00 e. The number of hydrogen-bond acceptors (Lipinski definition) is 0. The average Bonchev–Trinajstić information content (AvgIpc) is 3.78. The number of benzene rings is 4. The van der Waals surface area contributed by atoms with Gasteiger partial charge in [-0.3, -0.25) is 0 Å². The van der Waals surface area contributed by atoms with Crippen molar-refractivity contribution in [3.8, 4) is 33.4 Å². The number of allylic oxidation sites excluding steroid dienone is 4. The van der Waals surface area contributed by atoms with Gasteiger partial charge in [-0.1, -0.05) is 0 Å². The van der Waals surface area contributed by atoms with Crippen LogP contribution in [0.3, 0.4) is 0 Å². The van der Waals surface area contributed by atoms with E-state index < -0.39 is 21.3 Å². The fourth-order valence-corrected chi connectivity index (χ4v) is 17.9. The second kappa shape index (κ2) is 18.8. The quantitative estimate of drug-likeness (QED) is 0.131. The molecule has 0 saturated carbocycles. The number of hydrogen-bond donors (Lipinski definition) is 0. The van der Waals surface area contributed by atoms with E-state index in [1.165, 1.54) is 94.2 Å². The summed E-state index contributed by atoms with van der Waals surface area (Å²) in [7, 11) is 0. The Hall–Kier alpha value is -2.31. The molecular formula is C55H72Cl2Zr. The van der Waals surface area contributed by atoms with Crippen molar-refractivity contribution in [1.29, 1.82) is 0 Å². The fraction of sp³-hybridized carbons (Fsp3) is 0.473. The molecule has 4 aromatic carbocycles. The Bertz CT molecular complexity index is 2150. The molecule has 0 unspecified atom stereocenters. The Morgan fingerprint density at radius 2 is 1.07 bits per heavy atom. The zero-order valence-corrected chi connectivity index (χ0v) is 42.5. The van der Waals surface area contributed by atoms with Crippen molar-refractivity contribution in [3.63, 3.8) is 0 Å². The van der Waals surface area contributed by atoms with Crippen LogP contribution in [0.25, 0.3) is 33.4 Å². The first-order valence-electron chi connectivity index (χ1n) is 21.9. The molecule has 58 heavy (non-hydrogen) atoms. The van der Waals surface area contributed by atoms with Gasteiger partial charge in [-0.15, -0.1) is 0 Å². The van der Waals surface area contributed by atoms with E-state index in [0.717, 1.165) is 12.8 Å². The first-order valence-corrected chi connectivity index (χ1v) is 25.6. The normalized spacial score (nSPS) is 13.6. The van der Waals surface area contributed by atoms with Crippen molar-refractivity contribution < 1.29 is 46.1 Å². The van der Waals surface area contributed by atoms with E-state index in [9.17, 15) is 0 Å². The van der Waals surface area contributed by atoms with Gasteiger partial charge in [-0.25, -0.2) is 0 Å². The van der Waals surface area contributed by atoms with Crippen molar-refractivity contribution in [2.24, 2.45) is 0 Å². The number of rotatable bonds is 10. The van der Waals surface area contributed by atoms with E-state index in [0.29, 0.717) is 0 Å². The van der Waals surface area contributed by atoms with Crippen molar-refractivity contribution in [2.75, 3.05) is 0 Å². The summed E-state index contributed by atoms with van der Waals surface area (Å²) < 4.78 is 5.51. The van der Waals surface area contributed by atoms with Gasteiger partial charge >= 0.3 is 353 Å². The molecule has 0 fully saturated rings. The first kappa shape index (κ1) is 48.4. The summed E-state index contributed by atoms with van der Waals surface area (Å²) in [5, 5.41) is 0. The Labute approximate surface area is 374 Å². The second-order valence-corrected chi connectivity index (χ2v) is 27.5. The fourth-order valence-electron chi connectivity index (χ4n) is 9.05. The maximum Gasteiger partial charge on any atom is -1.00 e. The molecule has 0 spiro atoms. The topological polar surface area (TPSA) is 0 Å². The van der Waals surface area contributed by atoms with Gasteiger partial charge in [-0.05, 0) is 0 Å². The van der Waals surface area contributed by atoms with Gasteiger partial charge in [0.15, 0.2) is 0 Å². The predicted octanol–water partition coefficient (Wildman–Crippen LogP) is 9.43. The van der Waals surface area contributed by atoms with E-state index >= 15 is 0 Å². The molecule has 0 heterocycles. The van der Waals surface area contributed by atoms with Crippen LogP contribution < -0.4 is 28.1 Å². The summed E-state index contributed by atoms with van der Waals surface area (Å²) in [6, 6.07) is 27.2. The van der Waals surface area contributed by atoms with Crippen LogP contribution >= 0.6 is 0 Å². The Morgan fingerprint density at radius 1 is 0.569 bits per heavy atom. The number of halogens is 2. The van der Waals surface area contributed by atoms with E-state index in [1.54, 1.807) is 17.7 Å². The van der Waals surface area contributed by atoms with Crippen LogP contribution in [0.15, 0.2) is 88.2 Å². The van der Waals surface area contributed by atoms with Crippen LogP contribution in [0.1, 0.15) is 175 Å². The summed E-state index contributed by atoms with van der Waals surface area (Å²) in [4.78, 5) is 0. The Morgan fingerprint density at radius 3 is 1.52 bits per heavy atom.